The zero-order valence-corrected chi connectivity index (χ0v) is 20.6. The van der Waals surface area contributed by atoms with E-state index in [1.165, 1.54) is 0 Å². The van der Waals surface area contributed by atoms with E-state index in [1.54, 1.807) is 15.7 Å². The summed E-state index contributed by atoms with van der Waals surface area (Å²) in [5.41, 5.74) is 0.725. The summed E-state index contributed by atoms with van der Waals surface area (Å²) in [6, 6.07) is 2.04. The summed E-state index contributed by atoms with van der Waals surface area (Å²) in [7, 11) is 0. The first-order valence-electron chi connectivity index (χ1n) is 11.2. The van der Waals surface area contributed by atoms with Crippen LogP contribution in [0, 0.1) is 0 Å². The molecule has 0 aliphatic carbocycles. The first kappa shape index (κ1) is 23.9. The minimum absolute atomic E-state index is 0.237. The fraction of sp³-hybridized carbons (Fsp3) is 0.625. The average molecular weight is 445 g/mol. The van der Waals surface area contributed by atoms with Gasteiger partial charge < -0.3 is 19.3 Å². The molecule has 0 unspecified atom stereocenters. The van der Waals surface area contributed by atoms with Gasteiger partial charge >= 0.3 is 12.2 Å². The van der Waals surface area contributed by atoms with Gasteiger partial charge in [-0.15, -0.1) is 0 Å². The lowest BCUT2D eigenvalue weighted by Gasteiger charge is -2.36. The molecule has 2 aromatic heterocycles. The third-order valence-electron chi connectivity index (χ3n) is 5.17. The van der Waals surface area contributed by atoms with Gasteiger partial charge in [-0.2, -0.15) is 0 Å². The lowest BCUT2D eigenvalue weighted by atomic mass is 10.0. The Kier molecular flexibility index (Phi) is 6.45. The Hall–Kier alpha value is -2.77. The summed E-state index contributed by atoms with van der Waals surface area (Å²) in [5, 5.41) is 0.991. The third-order valence-corrected chi connectivity index (χ3v) is 5.17. The number of carbonyl (C=O) groups excluding carboxylic acids is 2. The van der Waals surface area contributed by atoms with Crippen LogP contribution in [0.15, 0.2) is 18.5 Å². The molecule has 8 nitrogen and oxygen atoms in total. The van der Waals surface area contributed by atoms with Crippen molar-refractivity contribution in [3.63, 3.8) is 0 Å². The fourth-order valence-electron chi connectivity index (χ4n) is 3.68. The van der Waals surface area contributed by atoms with Crippen molar-refractivity contribution in [1.82, 2.24) is 14.5 Å². The van der Waals surface area contributed by atoms with Gasteiger partial charge in [0.25, 0.3) is 0 Å². The van der Waals surface area contributed by atoms with E-state index in [2.05, 4.69) is 23.7 Å². The van der Waals surface area contributed by atoms with Crippen molar-refractivity contribution in [1.29, 1.82) is 0 Å². The molecular formula is C24H36N4O4. The maximum atomic E-state index is 12.7. The van der Waals surface area contributed by atoms with Crippen molar-refractivity contribution in [3.8, 4) is 0 Å². The number of anilines is 1. The molecular weight excluding hydrogens is 408 g/mol. The standard InChI is InChI=1S/C24H36N4O4/c1-16(2)18-15-28(22(30)32-24(6,7)8)19-14-25-20(13-17(18)19)26-9-11-27(12-10-26)21(29)31-23(3,4)5/h13-16H,9-12H2,1-8H3. The van der Waals surface area contributed by atoms with Crippen LogP contribution in [0.3, 0.4) is 0 Å². The summed E-state index contributed by atoms with van der Waals surface area (Å²) in [6.45, 7) is 17.9. The minimum atomic E-state index is -0.577. The van der Waals surface area contributed by atoms with Gasteiger partial charge in [0, 0.05) is 37.8 Å². The molecule has 1 fully saturated rings. The molecule has 1 amide bonds. The summed E-state index contributed by atoms with van der Waals surface area (Å²) >= 11 is 0. The normalized spacial score (nSPS) is 15.4. The van der Waals surface area contributed by atoms with Gasteiger partial charge in [0.1, 0.15) is 17.0 Å². The summed E-state index contributed by atoms with van der Waals surface area (Å²) in [5.74, 6) is 1.07. The van der Waals surface area contributed by atoms with E-state index in [4.69, 9.17) is 9.47 Å². The highest BCUT2D eigenvalue weighted by Crippen LogP contribution is 2.31. The molecule has 3 rings (SSSR count). The molecule has 3 heterocycles. The first-order valence-corrected chi connectivity index (χ1v) is 11.2. The Labute approximate surface area is 190 Å². The van der Waals surface area contributed by atoms with E-state index >= 15 is 0 Å². The second-order valence-corrected chi connectivity index (χ2v) is 10.6. The van der Waals surface area contributed by atoms with Gasteiger partial charge in [0.15, 0.2) is 0 Å². The molecule has 32 heavy (non-hydrogen) atoms. The number of nitrogens with zero attached hydrogens (tertiary/aromatic N) is 4. The predicted molar refractivity (Wildman–Crippen MR) is 125 cm³/mol. The predicted octanol–water partition coefficient (Wildman–Crippen LogP) is 5.00. The summed E-state index contributed by atoms with van der Waals surface area (Å²) in [4.78, 5) is 33.6. The van der Waals surface area contributed by atoms with Crippen LogP contribution < -0.4 is 4.90 Å². The lowest BCUT2D eigenvalue weighted by molar-refractivity contribution is 0.0240. The number of hydrogen-bond acceptors (Lipinski definition) is 6. The van der Waals surface area contributed by atoms with E-state index in [0.717, 1.165) is 22.3 Å². The molecule has 1 aliphatic rings. The number of ether oxygens (including phenoxy) is 2. The van der Waals surface area contributed by atoms with Crippen molar-refractivity contribution in [2.75, 3.05) is 31.1 Å². The maximum Gasteiger partial charge on any atom is 0.419 e. The minimum Gasteiger partial charge on any atom is -0.444 e. The Morgan fingerprint density at radius 2 is 1.50 bits per heavy atom. The molecule has 0 radical (unpaired) electrons. The van der Waals surface area contributed by atoms with Crippen molar-refractivity contribution < 1.29 is 19.1 Å². The average Bonchev–Trinajstić information content (AvgIpc) is 3.04. The second kappa shape index (κ2) is 8.64. The molecule has 0 spiro atoms. The number of piperazine rings is 1. The number of amides is 1. The topological polar surface area (TPSA) is 76.9 Å². The molecule has 1 aliphatic heterocycles. The van der Waals surface area contributed by atoms with Gasteiger partial charge in [-0.25, -0.2) is 14.6 Å². The van der Waals surface area contributed by atoms with Crippen molar-refractivity contribution in [3.05, 3.63) is 24.0 Å². The zero-order valence-electron chi connectivity index (χ0n) is 20.6. The Balaban J connectivity index is 1.82. The molecule has 0 aromatic carbocycles. The first-order chi connectivity index (χ1) is 14.7. The van der Waals surface area contributed by atoms with Crippen LogP contribution in [0.1, 0.15) is 66.9 Å². The van der Waals surface area contributed by atoms with Gasteiger partial charge in [-0.1, -0.05) is 13.8 Å². The number of carbonyl (C=O) groups is 2. The lowest BCUT2D eigenvalue weighted by Crippen LogP contribution is -2.50. The second-order valence-electron chi connectivity index (χ2n) is 10.6. The number of pyridine rings is 1. The monoisotopic (exact) mass is 444 g/mol. The Morgan fingerprint density at radius 3 is 2.03 bits per heavy atom. The van der Waals surface area contributed by atoms with Gasteiger partial charge in [-0.3, -0.25) is 4.57 Å². The summed E-state index contributed by atoms with van der Waals surface area (Å²) in [6.07, 6.45) is 2.91. The van der Waals surface area contributed by atoms with E-state index in [0.29, 0.717) is 26.2 Å². The number of rotatable bonds is 2. The van der Waals surface area contributed by atoms with Gasteiger partial charge in [0.2, 0.25) is 0 Å². The molecule has 1 saturated heterocycles. The van der Waals surface area contributed by atoms with E-state index in [-0.39, 0.29) is 12.0 Å². The smallest absolute Gasteiger partial charge is 0.419 e. The van der Waals surface area contributed by atoms with Gasteiger partial charge in [0.05, 0.1) is 11.7 Å². The van der Waals surface area contributed by atoms with Crippen LogP contribution in [0.5, 0.6) is 0 Å². The maximum absolute atomic E-state index is 12.7. The molecule has 0 bridgehead atoms. The number of hydrogen-bond donors (Lipinski definition) is 0. The highest BCUT2D eigenvalue weighted by Gasteiger charge is 2.27. The largest absolute Gasteiger partial charge is 0.444 e. The quantitative estimate of drug-likeness (QED) is 0.649. The van der Waals surface area contributed by atoms with Crippen LogP contribution in [0.2, 0.25) is 0 Å². The number of fused-ring (bicyclic) bond motifs is 1. The molecule has 0 N–H and O–H groups in total. The molecule has 2 aromatic rings. The van der Waals surface area contributed by atoms with Crippen LogP contribution in [-0.4, -0.2) is 64.0 Å². The van der Waals surface area contributed by atoms with E-state index in [1.807, 2.05) is 53.8 Å². The molecule has 176 valence electrons. The van der Waals surface area contributed by atoms with Crippen LogP contribution in [-0.2, 0) is 9.47 Å². The van der Waals surface area contributed by atoms with Crippen molar-refractivity contribution in [2.45, 2.75) is 72.5 Å². The van der Waals surface area contributed by atoms with Crippen molar-refractivity contribution >= 4 is 28.9 Å². The fourth-order valence-corrected chi connectivity index (χ4v) is 3.68. The van der Waals surface area contributed by atoms with Gasteiger partial charge in [-0.05, 0) is 59.1 Å². The van der Waals surface area contributed by atoms with E-state index in [9.17, 15) is 9.59 Å². The Morgan fingerprint density at radius 1 is 0.938 bits per heavy atom. The third kappa shape index (κ3) is 5.53. The highest BCUT2D eigenvalue weighted by molar-refractivity contribution is 5.93. The van der Waals surface area contributed by atoms with Crippen LogP contribution in [0.4, 0.5) is 15.4 Å². The highest BCUT2D eigenvalue weighted by atomic mass is 16.6. The molecule has 0 saturated carbocycles. The SMILES string of the molecule is CC(C)c1cn(C(=O)OC(C)(C)C)c2cnc(N3CCN(C(=O)OC(C)(C)C)CC3)cc12. The number of aromatic nitrogens is 2. The zero-order chi connectivity index (χ0) is 23.8. The van der Waals surface area contributed by atoms with Crippen molar-refractivity contribution in [2.24, 2.45) is 0 Å². The van der Waals surface area contributed by atoms with E-state index < -0.39 is 17.3 Å². The molecule has 8 heteroatoms. The Bertz CT molecular complexity index is 990. The van der Waals surface area contributed by atoms with Crippen LogP contribution in [0.25, 0.3) is 10.9 Å². The van der Waals surface area contributed by atoms with Crippen LogP contribution >= 0.6 is 0 Å². The molecule has 0 atom stereocenters. The summed E-state index contributed by atoms with van der Waals surface area (Å²) < 4.78 is 12.6.